The number of benzene rings is 2. The Morgan fingerprint density at radius 1 is 0.741 bits per heavy atom. The Balaban J connectivity index is 1.62. The molecule has 2 nitrogen and oxygen atoms in total. The van der Waals surface area contributed by atoms with Gasteiger partial charge in [-0.2, -0.15) is 0 Å². The zero-order valence-corrected chi connectivity index (χ0v) is 17.8. The fraction of sp³-hybridized carbons (Fsp3) is 0.217. The molecule has 0 N–H and O–H groups in total. The zero-order valence-electron chi connectivity index (χ0n) is 14.6. The molecule has 2 saturated carbocycles. The van der Waals surface area contributed by atoms with Crippen LogP contribution in [0.4, 0.5) is 0 Å². The van der Waals surface area contributed by atoms with E-state index >= 15 is 0 Å². The summed E-state index contributed by atoms with van der Waals surface area (Å²) in [6, 6.07) is 15.8. The molecule has 0 spiro atoms. The molecule has 0 aromatic heterocycles. The lowest BCUT2D eigenvalue weighted by atomic mass is 9.66. The van der Waals surface area contributed by atoms with Gasteiger partial charge in [-0.15, -0.1) is 0 Å². The van der Waals surface area contributed by atoms with Crippen molar-refractivity contribution >= 4 is 55.6 Å². The van der Waals surface area contributed by atoms with Crippen molar-refractivity contribution in [3.05, 3.63) is 79.7 Å². The van der Waals surface area contributed by atoms with Crippen LogP contribution in [0.5, 0.6) is 0 Å². The van der Waals surface area contributed by atoms with Crippen LogP contribution in [0.1, 0.15) is 30.4 Å². The topological polar surface area (TPSA) is 34.1 Å². The smallest absolute Gasteiger partial charge is 0.162 e. The van der Waals surface area contributed by atoms with E-state index in [1.165, 1.54) is 0 Å². The van der Waals surface area contributed by atoms with Crippen LogP contribution in [-0.2, 0) is 9.59 Å². The van der Waals surface area contributed by atoms with Crippen molar-refractivity contribution < 1.29 is 9.59 Å². The molecule has 2 aromatic rings. The summed E-state index contributed by atoms with van der Waals surface area (Å²) in [5.41, 5.74) is 3.54. The van der Waals surface area contributed by atoms with Crippen LogP contribution in [0.2, 0.25) is 0 Å². The van der Waals surface area contributed by atoms with E-state index in [1.54, 1.807) is 0 Å². The number of carbonyl (C=O) groups is 2. The van der Waals surface area contributed by atoms with E-state index in [0.717, 1.165) is 31.2 Å². The number of hydrogen-bond acceptors (Lipinski definition) is 2. The normalized spacial score (nSPS) is 25.3. The van der Waals surface area contributed by atoms with Crippen molar-refractivity contribution in [2.24, 2.45) is 11.8 Å². The van der Waals surface area contributed by atoms with Gasteiger partial charge in [0.25, 0.3) is 0 Å². The van der Waals surface area contributed by atoms with Gasteiger partial charge in [0.05, 0.1) is 0 Å². The number of halogens is 2. The Morgan fingerprint density at radius 2 is 1.19 bits per heavy atom. The molecule has 0 heterocycles. The minimum absolute atomic E-state index is 0.0849. The number of rotatable bonds is 2. The molecule has 2 aliphatic carbocycles. The molecule has 2 atom stereocenters. The van der Waals surface area contributed by atoms with Crippen molar-refractivity contribution in [3.63, 3.8) is 0 Å². The molecular formula is C23H18Br2O2. The summed E-state index contributed by atoms with van der Waals surface area (Å²) < 4.78 is 1.96. The first kappa shape index (κ1) is 18.6. The summed E-state index contributed by atoms with van der Waals surface area (Å²) in [6.45, 7) is 0. The van der Waals surface area contributed by atoms with Crippen LogP contribution >= 0.6 is 31.9 Å². The van der Waals surface area contributed by atoms with Crippen LogP contribution in [0, 0.1) is 11.8 Å². The number of fused-ring (bicyclic) bond motifs is 2. The molecule has 2 aromatic carbocycles. The molecule has 0 amide bonds. The lowest BCUT2D eigenvalue weighted by Crippen LogP contribution is -2.37. The first-order chi connectivity index (χ1) is 13.0. The first-order valence-corrected chi connectivity index (χ1v) is 10.6. The summed E-state index contributed by atoms with van der Waals surface area (Å²) in [5, 5.41) is 0. The fourth-order valence-corrected chi connectivity index (χ4v) is 4.86. The number of hydrogen-bond donors (Lipinski definition) is 0. The average molecular weight is 486 g/mol. The molecule has 2 aliphatic rings. The van der Waals surface area contributed by atoms with Gasteiger partial charge in [-0.25, -0.2) is 0 Å². The fourth-order valence-electron chi connectivity index (χ4n) is 4.02. The Hall–Kier alpha value is -1.78. The Kier molecular flexibility index (Phi) is 5.29. The van der Waals surface area contributed by atoms with Gasteiger partial charge < -0.3 is 0 Å². The number of Topliss-reactive ketones (excluding diaryl/α,β-unsaturated/α-hetero) is 2. The Bertz CT molecular complexity index is 908. The second-order valence-electron chi connectivity index (χ2n) is 7.22. The second kappa shape index (κ2) is 7.69. The van der Waals surface area contributed by atoms with Crippen LogP contribution in [0.15, 0.2) is 68.6 Å². The monoisotopic (exact) mass is 484 g/mol. The van der Waals surface area contributed by atoms with E-state index in [4.69, 9.17) is 0 Å². The molecule has 27 heavy (non-hydrogen) atoms. The van der Waals surface area contributed by atoms with E-state index in [9.17, 15) is 9.59 Å². The highest BCUT2D eigenvalue weighted by Gasteiger charge is 2.41. The average Bonchev–Trinajstić information content (AvgIpc) is 2.63. The summed E-state index contributed by atoms with van der Waals surface area (Å²) >= 11 is 6.93. The van der Waals surface area contributed by atoms with Gasteiger partial charge in [-0.3, -0.25) is 9.59 Å². The van der Waals surface area contributed by atoms with E-state index < -0.39 is 0 Å². The van der Waals surface area contributed by atoms with Gasteiger partial charge in [-0.05, 0) is 78.0 Å². The summed E-state index contributed by atoms with van der Waals surface area (Å²) in [7, 11) is 0. The van der Waals surface area contributed by atoms with E-state index in [2.05, 4.69) is 31.9 Å². The van der Waals surface area contributed by atoms with Gasteiger partial charge in [0.2, 0.25) is 0 Å². The maximum Gasteiger partial charge on any atom is 0.162 e. The quantitative estimate of drug-likeness (QED) is 0.471. The molecule has 2 unspecified atom stereocenters. The van der Waals surface area contributed by atoms with E-state index in [1.807, 2.05) is 60.7 Å². The molecule has 2 bridgehead atoms. The molecule has 4 rings (SSSR count). The standard InChI is InChI=1S/C23H18Br2O2/c24-20-5-1-3-14(9-20)7-16-11-18-13-19(22(16)26)12-17(23(18)27)8-15-4-2-6-21(25)10-15/h1-10,18-19H,11-13H2/b16-7+,17-8+. The van der Waals surface area contributed by atoms with E-state index in [-0.39, 0.29) is 23.4 Å². The highest BCUT2D eigenvalue weighted by atomic mass is 79.9. The van der Waals surface area contributed by atoms with Gasteiger partial charge in [0, 0.05) is 20.8 Å². The third kappa shape index (κ3) is 4.07. The largest absolute Gasteiger partial charge is 0.294 e. The third-order valence-electron chi connectivity index (χ3n) is 5.26. The third-order valence-corrected chi connectivity index (χ3v) is 6.24. The highest BCUT2D eigenvalue weighted by molar-refractivity contribution is 9.10. The van der Waals surface area contributed by atoms with Crippen LogP contribution in [0.3, 0.4) is 0 Å². The van der Waals surface area contributed by atoms with Crippen molar-refractivity contribution in [3.8, 4) is 0 Å². The highest BCUT2D eigenvalue weighted by Crippen LogP contribution is 2.42. The molecule has 0 radical (unpaired) electrons. The molecular weight excluding hydrogens is 468 g/mol. The van der Waals surface area contributed by atoms with E-state index in [0.29, 0.717) is 19.3 Å². The summed E-state index contributed by atoms with van der Waals surface area (Å²) in [4.78, 5) is 25.9. The molecule has 0 saturated heterocycles. The van der Waals surface area contributed by atoms with Crippen LogP contribution in [-0.4, -0.2) is 11.6 Å². The lowest BCUT2D eigenvalue weighted by molar-refractivity contribution is -0.127. The minimum atomic E-state index is -0.0849. The first-order valence-electron chi connectivity index (χ1n) is 9.00. The van der Waals surface area contributed by atoms with Gasteiger partial charge in [0.15, 0.2) is 11.6 Å². The second-order valence-corrected chi connectivity index (χ2v) is 9.05. The van der Waals surface area contributed by atoms with Crippen LogP contribution < -0.4 is 0 Å². The minimum Gasteiger partial charge on any atom is -0.294 e. The molecule has 136 valence electrons. The molecule has 2 fully saturated rings. The Morgan fingerprint density at radius 3 is 1.59 bits per heavy atom. The van der Waals surface area contributed by atoms with Gasteiger partial charge in [-0.1, -0.05) is 56.1 Å². The SMILES string of the molecule is O=C1/C(=C/c2cccc(Br)c2)CC2CC1C/C(=C\c1cccc(Br)c1)C2=O. The zero-order chi connectivity index (χ0) is 19.0. The summed E-state index contributed by atoms with van der Waals surface area (Å²) in [6.07, 6.45) is 5.65. The van der Waals surface area contributed by atoms with Crippen molar-refractivity contribution in [1.29, 1.82) is 0 Å². The van der Waals surface area contributed by atoms with Crippen molar-refractivity contribution in [2.75, 3.05) is 0 Å². The maximum absolute atomic E-state index is 13.0. The maximum atomic E-state index is 13.0. The van der Waals surface area contributed by atoms with Gasteiger partial charge >= 0.3 is 0 Å². The van der Waals surface area contributed by atoms with Crippen LogP contribution in [0.25, 0.3) is 12.2 Å². The Labute approximate surface area is 175 Å². The predicted octanol–water partition coefficient (Wildman–Crippen LogP) is 6.25. The predicted molar refractivity (Wildman–Crippen MR) is 115 cm³/mol. The summed E-state index contributed by atoms with van der Waals surface area (Å²) in [5.74, 6) is 0.217. The number of ketones is 2. The lowest BCUT2D eigenvalue weighted by Gasteiger charge is -2.35. The van der Waals surface area contributed by atoms with Crippen molar-refractivity contribution in [1.82, 2.24) is 0 Å². The molecule has 0 aliphatic heterocycles. The van der Waals surface area contributed by atoms with Crippen molar-refractivity contribution in [2.45, 2.75) is 19.3 Å². The van der Waals surface area contributed by atoms with Gasteiger partial charge in [0.1, 0.15) is 0 Å². The molecule has 4 heteroatoms. The number of carbonyl (C=O) groups excluding carboxylic acids is 2. The number of allylic oxidation sites excluding steroid dienone is 2.